The minimum Gasteiger partial charge on any atom is -0.396 e. The molecular formula is C23H27N3O2. The zero-order valence-electron chi connectivity index (χ0n) is 16.0. The van der Waals surface area contributed by atoms with Gasteiger partial charge >= 0.3 is 0 Å². The largest absolute Gasteiger partial charge is 0.396 e. The van der Waals surface area contributed by atoms with E-state index in [1.54, 1.807) is 0 Å². The van der Waals surface area contributed by atoms with Gasteiger partial charge in [-0.3, -0.25) is 4.90 Å². The number of rotatable bonds is 6. The van der Waals surface area contributed by atoms with Crippen LogP contribution in [0.2, 0.25) is 0 Å². The topological polar surface area (TPSA) is 59.8 Å². The first kappa shape index (κ1) is 18.9. The summed E-state index contributed by atoms with van der Waals surface area (Å²) in [5.74, 6) is 0.864. The first-order chi connectivity index (χ1) is 13.8. The number of hydrogen-bond acceptors (Lipinski definition) is 5. The van der Waals surface area contributed by atoms with E-state index in [2.05, 4.69) is 34.1 Å². The molecule has 0 spiro atoms. The molecule has 0 radical (unpaired) electrons. The number of aliphatic hydroxyl groups is 2. The molecule has 0 unspecified atom stereocenters. The highest BCUT2D eigenvalue weighted by Gasteiger charge is 2.28. The predicted octanol–water partition coefficient (Wildman–Crippen LogP) is 2.80. The Kier molecular flexibility index (Phi) is 5.86. The monoisotopic (exact) mass is 377 g/mol. The molecule has 5 heteroatoms. The Labute approximate surface area is 165 Å². The van der Waals surface area contributed by atoms with Crippen LogP contribution in [0.25, 0.3) is 10.9 Å². The van der Waals surface area contributed by atoms with Gasteiger partial charge in [0.1, 0.15) is 5.82 Å². The summed E-state index contributed by atoms with van der Waals surface area (Å²) in [4.78, 5) is 9.57. The van der Waals surface area contributed by atoms with Crippen molar-refractivity contribution in [3.63, 3.8) is 0 Å². The van der Waals surface area contributed by atoms with E-state index >= 15 is 0 Å². The van der Waals surface area contributed by atoms with E-state index in [9.17, 15) is 10.2 Å². The highest BCUT2D eigenvalue weighted by molar-refractivity contribution is 5.81. The van der Waals surface area contributed by atoms with Gasteiger partial charge in [-0.15, -0.1) is 0 Å². The molecule has 2 heterocycles. The Morgan fingerprint density at radius 2 is 1.75 bits per heavy atom. The molecular weight excluding hydrogens is 350 g/mol. The van der Waals surface area contributed by atoms with Crippen molar-refractivity contribution >= 4 is 16.7 Å². The molecule has 0 amide bonds. The summed E-state index contributed by atoms with van der Waals surface area (Å²) in [6.07, 6.45) is 0.728. The van der Waals surface area contributed by atoms with Gasteiger partial charge in [0.25, 0.3) is 0 Å². The summed E-state index contributed by atoms with van der Waals surface area (Å²) in [6, 6.07) is 20.8. The number of pyridine rings is 1. The fraction of sp³-hybridized carbons (Fsp3) is 0.348. The van der Waals surface area contributed by atoms with E-state index in [1.807, 2.05) is 36.4 Å². The van der Waals surface area contributed by atoms with Crippen LogP contribution in [0.3, 0.4) is 0 Å². The Bertz CT molecular complexity index is 916. The summed E-state index contributed by atoms with van der Waals surface area (Å²) in [5.41, 5.74) is 3.09. The Morgan fingerprint density at radius 3 is 2.54 bits per heavy atom. The number of fused-ring (bicyclic) bond motifs is 1. The summed E-state index contributed by atoms with van der Waals surface area (Å²) < 4.78 is 0. The number of piperazine rings is 1. The molecule has 1 aromatic heterocycles. The van der Waals surface area contributed by atoms with Crippen LogP contribution in [0.5, 0.6) is 0 Å². The molecule has 28 heavy (non-hydrogen) atoms. The molecule has 2 aromatic carbocycles. The van der Waals surface area contributed by atoms with Gasteiger partial charge in [-0.05, 0) is 24.1 Å². The molecule has 1 aliphatic rings. The van der Waals surface area contributed by atoms with Gasteiger partial charge in [0, 0.05) is 49.8 Å². The van der Waals surface area contributed by atoms with E-state index in [0.717, 1.165) is 54.9 Å². The lowest BCUT2D eigenvalue weighted by atomic mass is 10.1. The smallest absolute Gasteiger partial charge is 0.134 e. The predicted molar refractivity (Wildman–Crippen MR) is 112 cm³/mol. The van der Waals surface area contributed by atoms with Crippen LogP contribution in [0.1, 0.15) is 17.5 Å². The Balaban J connectivity index is 1.58. The maximum atomic E-state index is 9.91. The summed E-state index contributed by atoms with van der Waals surface area (Å²) in [5, 5.41) is 20.6. The molecule has 5 nitrogen and oxygen atoms in total. The van der Waals surface area contributed by atoms with Gasteiger partial charge in [0.15, 0.2) is 0 Å². The Morgan fingerprint density at radius 1 is 0.964 bits per heavy atom. The van der Waals surface area contributed by atoms with E-state index in [4.69, 9.17) is 4.98 Å². The zero-order chi connectivity index (χ0) is 19.3. The van der Waals surface area contributed by atoms with Crippen molar-refractivity contribution in [2.24, 2.45) is 0 Å². The summed E-state index contributed by atoms with van der Waals surface area (Å²) in [6.45, 7) is 3.58. The normalized spacial score (nSPS) is 17.9. The number of nitrogens with zero attached hydrogens (tertiary/aromatic N) is 3. The van der Waals surface area contributed by atoms with E-state index in [1.165, 1.54) is 5.56 Å². The van der Waals surface area contributed by atoms with Gasteiger partial charge in [-0.25, -0.2) is 4.98 Å². The molecule has 3 aromatic rings. The lowest BCUT2D eigenvalue weighted by molar-refractivity contribution is 0.135. The Hall–Kier alpha value is -2.47. The molecule has 4 rings (SSSR count). The third kappa shape index (κ3) is 4.02. The number of para-hydroxylation sites is 1. The van der Waals surface area contributed by atoms with Crippen LogP contribution in [0, 0.1) is 0 Å². The molecule has 1 aliphatic heterocycles. The van der Waals surface area contributed by atoms with E-state index in [-0.39, 0.29) is 19.3 Å². The van der Waals surface area contributed by atoms with E-state index < -0.39 is 0 Å². The number of aliphatic hydroxyl groups excluding tert-OH is 2. The molecule has 1 atom stereocenters. The quantitative estimate of drug-likeness (QED) is 0.692. The summed E-state index contributed by atoms with van der Waals surface area (Å²) in [7, 11) is 0. The molecule has 0 bridgehead atoms. The fourth-order valence-corrected chi connectivity index (χ4v) is 4.07. The average Bonchev–Trinajstić information content (AvgIpc) is 2.75. The maximum Gasteiger partial charge on any atom is 0.134 e. The lowest BCUT2D eigenvalue weighted by Crippen LogP contribution is -2.53. The lowest BCUT2D eigenvalue weighted by Gasteiger charge is -2.42. The minimum absolute atomic E-state index is 0.0257. The number of hydrogen-bond donors (Lipinski definition) is 2. The molecule has 2 N–H and O–H groups in total. The van der Waals surface area contributed by atoms with Crippen molar-refractivity contribution < 1.29 is 10.2 Å². The molecule has 0 aliphatic carbocycles. The second-order valence-electron chi connectivity index (χ2n) is 7.39. The average molecular weight is 377 g/mol. The zero-order valence-corrected chi connectivity index (χ0v) is 16.0. The SMILES string of the molecule is OCC[C@@H]1CN(c2nc3ccccc3cc2CO)CCN1Cc1ccccc1. The third-order valence-electron chi connectivity index (χ3n) is 5.55. The van der Waals surface area contributed by atoms with Crippen molar-refractivity contribution in [2.75, 3.05) is 31.1 Å². The van der Waals surface area contributed by atoms with Gasteiger partial charge in [0.2, 0.25) is 0 Å². The van der Waals surface area contributed by atoms with Crippen LogP contribution >= 0.6 is 0 Å². The first-order valence-corrected chi connectivity index (χ1v) is 9.92. The van der Waals surface area contributed by atoms with Crippen molar-refractivity contribution in [1.82, 2.24) is 9.88 Å². The fourth-order valence-electron chi connectivity index (χ4n) is 4.07. The number of aromatic nitrogens is 1. The van der Waals surface area contributed by atoms with Crippen LogP contribution < -0.4 is 4.90 Å². The number of anilines is 1. The van der Waals surface area contributed by atoms with Crippen molar-refractivity contribution in [3.8, 4) is 0 Å². The summed E-state index contributed by atoms with van der Waals surface area (Å²) >= 11 is 0. The van der Waals surface area contributed by atoms with Crippen molar-refractivity contribution in [1.29, 1.82) is 0 Å². The first-order valence-electron chi connectivity index (χ1n) is 9.92. The second-order valence-corrected chi connectivity index (χ2v) is 7.39. The van der Waals surface area contributed by atoms with Crippen molar-refractivity contribution in [3.05, 3.63) is 71.8 Å². The van der Waals surface area contributed by atoms with Crippen LogP contribution in [0.15, 0.2) is 60.7 Å². The number of benzene rings is 2. The standard InChI is InChI=1S/C23H27N3O2/c27-13-10-21-16-26(12-11-25(21)15-18-6-2-1-3-7-18)23-20(17-28)14-19-8-4-5-9-22(19)24-23/h1-9,14,21,27-28H,10-13,15-17H2/t21-/m1/s1. The molecule has 0 saturated carbocycles. The minimum atomic E-state index is -0.0257. The van der Waals surface area contributed by atoms with E-state index in [0.29, 0.717) is 0 Å². The highest BCUT2D eigenvalue weighted by atomic mass is 16.3. The van der Waals surface area contributed by atoms with Crippen LogP contribution in [-0.4, -0.2) is 52.4 Å². The van der Waals surface area contributed by atoms with Gasteiger partial charge < -0.3 is 15.1 Å². The molecule has 1 fully saturated rings. The highest BCUT2D eigenvalue weighted by Crippen LogP contribution is 2.27. The van der Waals surface area contributed by atoms with Gasteiger partial charge in [-0.1, -0.05) is 48.5 Å². The molecule has 1 saturated heterocycles. The third-order valence-corrected chi connectivity index (χ3v) is 5.55. The van der Waals surface area contributed by atoms with Crippen LogP contribution in [-0.2, 0) is 13.2 Å². The molecule has 146 valence electrons. The van der Waals surface area contributed by atoms with Crippen molar-refractivity contribution in [2.45, 2.75) is 25.6 Å². The van der Waals surface area contributed by atoms with Crippen LogP contribution in [0.4, 0.5) is 5.82 Å². The van der Waals surface area contributed by atoms with Gasteiger partial charge in [0.05, 0.1) is 12.1 Å². The van der Waals surface area contributed by atoms with Gasteiger partial charge in [-0.2, -0.15) is 0 Å². The second kappa shape index (κ2) is 8.69. The maximum absolute atomic E-state index is 9.91.